The molecule has 0 aromatic heterocycles. The minimum atomic E-state index is 0.433. The summed E-state index contributed by atoms with van der Waals surface area (Å²) < 4.78 is 4.49. The molecule has 0 bridgehead atoms. The standard InChI is InChI=1S/C17H23I3/c1-5-9-17(6-2,12-7-8-12)13-10(3)14(18)11(4)15(19)16(13)20/h12H,5-9H2,1-4H3. The molecule has 1 aliphatic rings. The van der Waals surface area contributed by atoms with Gasteiger partial charge in [0, 0.05) is 10.7 Å². The lowest BCUT2D eigenvalue weighted by molar-refractivity contribution is 0.321. The van der Waals surface area contributed by atoms with Gasteiger partial charge in [-0.25, -0.2) is 0 Å². The highest BCUT2D eigenvalue weighted by Crippen LogP contribution is 2.55. The van der Waals surface area contributed by atoms with E-state index in [4.69, 9.17) is 0 Å². The molecule has 1 fully saturated rings. The third-order valence-corrected chi connectivity index (χ3v) is 10.0. The Morgan fingerprint density at radius 2 is 1.55 bits per heavy atom. The summed E-state index contributed by atoms with van der Waals surface area (Å²) in [6, 6.07) is 0. The Labute approximate surface area is 164 Å². The molecule has 0 nitrogen and oxygen atoms in total. The lowest BCUT2D eigenvalue weighted by Crippen LogP contribution is -2.31. The molecule has 1 aromatic rings. The fourth-order valence-corrected chi connectivity index (χ4v) is 6.72. The van der Waals surface area contributed by atoms with Gasteiger partial charge >= 0.3 is 0 Å². The lowest BCUT2D eigenvalue weighted by Gasteiger charge is -2.37. The van der Waals surface area contributed by atoms with E-state index in [-0.39, 0.29) is 0 Å². The summed E-state index contributed by atoms with van der Waals surface area (Å²) in [5, 5.41) is 0. The molecule has 0 N–H and O–H groups in total. The number of hydrogen-bond acceptors (Lipinski definition) is 0. The molecule has 2 rings (SSSR count). The largest absolute Gasteiger partial charge is 0.0654 e. The van der Waals surface area contributed by atoms with Crippen LogP contribution in [0.3, 0.4) is 0 Å². The van der Waals surface area contributed by atoms with Crippen molar-refractivity contribution in [1.29, 1.82) is 0 Å². The molecule has 112 valence electrons. The topological polar surface area (TPSA) is 0 Å². The Morgan fingerprint density at radius 1 is 0.950 bits per heavy atom. The van der Waals surface area contributed by atoms with Crippen LogP contribution in [0.4, 0.5) is 0 Å². The predicted octanol–water partition coefficient (Wildman–Crippen LogP) is 6.98. The van der Waals surface area contributed by atoms with Gasteiger partial charge in [0.1, 0.15) is 0 Å². The van der Waals surface area contributed by atoms with E-state index in [0.717, 1.165) is 5.92 Å². The molecule has 0 radical (unpaired) electrons. The highest BCUT2D eigenvalue weighted by atomic mass is 127. The summed E-state index contributed by atoms with van der Waals surface area (Å²) in [6.45, 7) is 9.38. The third kappa shape index (κ3) is 2.93. The van der Waals surface area contributed by atoms with Gasteiger partial charge in [-0.15, -0.1) is 0 Å². The van der Waals surface area contributed by atoms with E-state index in [1.54, 1.807) is 11.1 Å². The Bertz CT molecular complexity index is 488. The van der Waals surface area contributed by atoms with Crippen LogP contribution < -0.4 is 0 Å². The zero-order chi connectivity index (χ0) is 15.1. The van der Waals surface area contributed by atoms with Crippen LogP contribution in [-0.2, 0) is 5.41 Å². The molecule has 1 atom stereocenters. The summed E-state index contributed by atoms with van der Waals surface area (Å²) in [5.74, 6) is 0.925. The maximum atomic E-state index is 2.61. The van der Waals surface area contributed by atoms with Crippen molar-refractivity contribution in [2.75, 3.05) is 0 Å². The van der Waals surface area contributed by atoms with E-state index in [0.29, 0.717) is 5.41 Å². The zero-order valence-electron chi connectivity index (χ0n) is 12.7. The van der Waals surface area contributed by atoms with Crippen molar-refractivity contribution in [3.63, 3.8) is 0 Å². The SMILES string of the molecule is CCCC(CC)(c1c(C)c(I)c(C)c(I)c1I)C1CC1. The second kappa shape index (κ2) is 6.89. The van der Waals surface area contributed by atoms with Crippen LogP contribution in [0.2, 0.25) is 0 Å². The molecule has 0 amide bonds. The minimum absolute atomic E-state index is 0.433. The maximum absolute atomic E-state index is 2.61. The van der Waals surface area contributed by atoms with Crippen molar-refractivity contribution < 1.29 is 0 Å². The molecule has 1 aliphatic carbocycles. The van der Waals surface area contributed by atoms with Crippen molar-refractivity contribution in [3.05, 3.63) is 27.4 Å². The van der Waals surface area contributed by atoms with Gasteiger partial charge in [-0.3, -0.25) is 0 Å². The molecule has 0 saturated heterocycles. The van der Waals surface area contributed by atoms with E-state index in [1.807, 2.05) is 0 Å². The first kappa shape index (κ1) is 17.8. The van der Waals surface area contributed by atoms with Gasteiger partial charge in [-0.1, -0.05) is 20.3 Å². The van der Waals surface area contributed by atoms with Crippen LogP contribution in [-0.4, -0.2) is 0 Å². The fraction of sp³-hybridized carbons (Fsp3) is 0.647. The molecule has 3 heteroatoms. The van der Waals surface area contributed by atoms with Crippen LogP contribution in [0, 0.1) is 30.5 Å². The number of rotatable bonds is 5. The molecule has 1 saturated carbocycles. The Balaban J connectivity index is 2.71. The van der Waals surface area contributed by atoms with Gasteiger partial charge in [0.05, 0.1) is 0 Å². The summed E-state index contributed by atoms with van der Waals surface area (Å²) >= 11 is 7.72. The summed E-state index contributed by atoms with van der Waals surface area (Å²) in [5.41, 5.74) is 5.14. The molecule has 1 aromatic carbocycles. The van der Waals surface area contributed by atoms with Gasteiger partial charge in [-0.2, -0.15) is 0 Å². The van der Waals surface area contributed by atoms with E-state index < -0.39 is 0 Å². The fourth-order valence-electron chi connectivity index (χ4n) is 3.78. The van der Waals surface area contributed by atoms with Crippen molar-refractivity contribution in [2.24, 2.45) is 5.92 Å². The smallest absolute Gasteiger partial charge is 0.0307 e. The van der Waals surface area contributed by atoms with Crippen molar-refractivity contribution in [3.8, 4) is 0 Å². The second-order valence-electron chi connectivity index (χ2n) is 6.10. The molecule has 0 aliphatic heterocycles. The van der Waals surface area contributed by atoms with Gasteiger partial charge in [-0.05, 0) is 135 Å². The Morgan fingerprint density at radius 3 is 2.00 bits per heavy atom. The quantitative estimate of drug-likeness (QED) is 0.250. The van der Waals surface area contributed by atoms with E-state index in [1.165, 1.54) is 48.4 Å². The zero-order valence-corrected chi connectivity index (χ0v) is 19.2. The number of benzene rings is 1. The summed E-state index contributed by atoms with van der Waals surface area (Å²) in [4.78, 5) is 0. The molecule has 0 spiro atoms. The van der Waals surface area contributed by atoms with Crippen molar-refractivity contribution in [1.82, 2.24) is 0 Å². The van der Waals surface area contributed by atoms with Crippen LogP contribution in [0.1, 0.15) is 62.6 Å². The van der Waals surface area contributed by atoms with Crippen LogP contribution in [0.25, 0.3) is 0 Å². The average molecular weight is 608 g/mol. The minimum Gasteiger partial charge on any atom is -0.0654 e. The first-order chi connectivity index (χ1) is 9.40. The Hall–Kier alpha value is 1.41. The van der Waals surface area contributed by atoms with Crippen LogP contribution in [0.15, 0.2) is 0 Å². The molecule has 1 unspecified atom stereocenters. The summed E-state index contributed by atoms with van der Waals surface area (Å²) in [7, 11) is 0. The number of hydrogen-bond donors (Lipinski definition) is 0. The van der Waals surface area contributed by atoms with Gasteiger partial charge in [0.25, 0.3) is 0 Å². The monoisotopic (exact) mass is 608 g/mol. The highest BCUT2D eigenvalue weighted by molar-refractivity contribution is 14.1. The van der Waals surface area contributed by atoms with Crippen LogP contribution >= 0.6 is 67.8 Å². The van der Waals surface area contributed by atoms with E-state index in [2.05, 4.69) is 95.5 Å². The highest BCUT2D eigenvalue weighted by Gasteiger charge is 2.46. The summed E-state index contributed by atoms with van der Waals surface area (Å²) in [6.07, 6.45) is 6.80. The van der Waals surface area contributed by atoms with Crippen molar-refractivity contribution in [2.45, 2.75) is 65.2 Å². The molecule has 0 heterocycles. The Kier molecular flexibility index (Phi) is 6.12. The van der Waals surface area contributed by atoms with Crippen molar-refractivity contribution >= 4 is 67.8 Å². The maximum Gasteiger partial charge on any atom is 0.0307 e. The predicted molar refractivity (Wildman–Crippen MR) is 114 cm³/mol. The second-order valence-corrected chi connectivity index (χ2v) is 9.34. The average Bonchev–Trinajstić information content (AvgIpc) is 3.27. The third-order valence-electron chi connectivity index (χ3n) is 4.96. The van der Waals surface area contributed by atoms with Gasteiger partial charge in [0.2, 0.25) is 0 Å². The lowest BCUT2D eigenvalue weighted by atomic mass is 9.69. The van der Waals surface area contributed by atoms with E-state index >= 15 is 0 Å². The molecule has 20 heavy (non-hydrogen) atoms. The van der Waals surface area contributed by atoms with Crippen LogP contribution in [0.5, 0.6) is 0 Å². The first-order valence-corrected chi connectivity index (χ1v) is 10.8. The first-order valence-electron chi connectivity index (χ1n) is 7.54. The molecular weight excluding hydrogens is 585 g/mol. The normalized spacial score (nSPS) is 18.1. The number of halogens is 3. The van der Waals surface area contributed by atoms with Gasteiger partial charge < -0.3 is 0 Å². The van der Waals surface area contributed by atoms with Gasteiger partial charge in [0.15, 0.2) is 0 Å². The molecular formula is C17H23I3. The van der Waals surface area contributed by atoms with E-state index in [9.17, 15) is 0 Å².